The molecule has 0 aliphatic heterocycles. The number of rotatable bonds is 8. The van der Waals surface area contributed by atoms with Crippen LogP contribution in [0.25, 0.3) is 11.1 Å². The molecule has 0 spiro atoms. The van der Waals surface area contributed by atoms with Crippen LogP contribution in [-0.4, -0.2) is 30.9 Å². The van der Waals surface area contributed by atoms with Gasteiger partial charge in [0.2, 0.25) is 11.8 Å². The van der Waals surface area contributed by atoms with E-state index in [0.29, 0.717) is 6.54 Å². The monoisotopic (exact) mass is 389 g/mol. The maximum absolute atomic E-state index is 11.9. The molecule has 0 aliphatic rings. The lowest BCUT2D eigenvalue weighted by molar-refractivity contribution is -0.127. The Labute approximate surface area is 167 Å². The van der Waals surface area contributed by atoms with E-state index in [1.54, 1.807) is 0 Å². The van der Waals surface area contributed by atoms with E-state index in [1.807, 2.05) is 44.2 Å². The second kappa shape index (κ2) is 11.4. The van der Waals surface area contributed by atoms with Crippen LogP contribution in [-0.2, 0) is 16.0 Å². The van der Waals surface area contributed by atoms with Crippen molar-refractivity contribution in [3.05, 3.63) is 60.2 Å². The molecule has 4 N–H and O–H groups in total. The van der Waals surface area contributed by atoms with Crippen LogP contribution in [0.2, 0.25) is 0 Å². The van der Waals surface area contributed by atoms with Gasteiger partial charge >= 0.3 is 0 Å². The number of nitrogens with one attached hydrogen (secondary N) is 2. The fraction of sp³-hybridized carbons (Fsp3) is 0.333. The molecule has 0 aromatic heterocycles. The third-order valence-electron chi connectivity index (χ3n) is 4.21. The summed E-state index contributed by atoms with van der Waals surface area (Å²) in [6.07, 6.45) is 0.728. The Balaban J connectivity index is 0.00000364. The van der Waals surface area contributed by atoms with E-state index >= 15 is 0 Å². The molecule has 5 nitrogen and oxygen atoms in total. The zero-order valence-corrected chi connectivity index (χ0v) is 16.6. The lowest BCUT2D eigenvalue weighted by atomic mass is 10.0. The first-order valence-corrected chi connectivity index (χ1v) is 8.91. The standard InChI is InChI=1S/C21H27N3O2.ClH/c1-15(2)20(22)21(26)24-14-19(25)23-12-11-16-7-6-10-18(13-16)17-8-4-3-5-9-17;/h3-10,13,15,20H,11-12,14,22H2,1-2H3,(H,23,25)(H,24,26);1H/t20-;/m0./s1. The molecule has 0 aliphatic carbocycles. The average Bonchev–Trinajstić information content (AvgIpc) is 2.66. The van der Waals surface area contributed by atoms with Crippen molar-refractivity contribution in [1.29, 1.82) is 0 Å². The van der Waals surface area contributed by atoms with E-state index in [2.05, 4.69) is 34.9 Å². The first kappa shape index (κ1) is 22.7. The van der Waals surface area contributed by atoms with Crippen molar-refractivity contribution in [2.45, 2.75) is 26.3 Å². The molecule has 0 saturated carbocycles. The molecular weight excluding hydrogens is 362 g/mol. The van der Waals surface area contributed by atoms with Crippen molar-refractivity contribution >= 4 is 24.2 Å². The minimum atomic E-state index is -0.594. The molecule has 0 radical (unpaired) electrons. The minimum absolute atomic E-state index is 0. The van der Waals surface area contributed by atoms with Gasteiger partial charge in [0.05, 0.1) is 12.6 Å². The summed E-state index contributed by atoms with van der Waals surface area (Å²) in [4.78, 5) is 23.6. The summed E-state index contributed by atoms with van der Waals surface area (Å²) < 4.78 is 0. The number of amides is 2. The van der Waals surface area contributed by atoms with Gasteiger partial charge in [-0.05, 0) is 29.0 Å². The van der Waals surface area contributed by atoms with Crippen LogP contribution in [0.3, 0.4) is 0 Å². The largest absolute Gasteiger partial charge is 0.354 e. The minimum Gasteiger partial charge on any atom is -0.354 e. The number of nitrogens with two attached hydrogens (primary N) is 1. The fourth-order valence-electron chi connectivity index (χ4n) is 2.53. The van der Waals surface area contributed by atoms with Gasteiger partial charge in [0.1, 0.15) is 0 Å². The highest BCUT2D eigenvalue weighted by molar-refractivity contribution is 5.87. The van der Waals surface area contributed by atoms with E-state index in [9.17, 15) is 9.59 Å². The second-order valence-electron chi connectivity index (χ2n) is 6.65. The molecule has 146 valence electrons. The molecule has 2 rings (SSSR count). The molecule has 2 aromatic carbocycles. The Morgan fingerprint density at radius 3 is 2.30 bits per heavy atom. The molecule has 0 unspecified atom stereocenters. The summed E-state index contributed by atoms with van der Waals surface area (Å²) in [7, 11) is 0. The summed E-state index contributed by atoms with van der Waals surface area (Å²) in [6.45, 7) is 4.20. The predicted octanol–water partition coefficient (Wildman–Crippen LogP) is 2.53. The lowest BCUT2D eigenvalue weighted by Gasteiger charge is -2.15. The van der Waals surface area contributed by atoms with Crippen LogP contribution in [0.1, 0.15) is 19.4 Å². The van der Waals surface area contributed by atoms with E-state index < -0.39 is 6.04 Å². The van der Waals surface area contributed by atoms with Crippen LogP contribution in [0.15, 0.2) is 54.6 Å². The molecule has 6 heteroatoms. The van der Waals surface area contributed by atoms with Crippen LogP contribution in [0.5, 0.6) is 0 Å². The highest BCUT2D eigenvalue weighted by Crippen LogP contribution is 2.20. The Morgan fingerprint density at radius 1 is 0.963 bits per heavy atom. The summed E-state index contributed by atoms with van der Waals surface area (Å²) >= 11 is 0. The Bertz CT molecular complexity index is 735. The Morgan fingerprint density at radius 2 is 1.63 bits per heavy atom. The summed E-state index contributed by atoms with van der Waals surface area (Å²) in [5.74, 6) is -0.478. The molecular formula is C21H28ClN3O2. The fourth-order valence-corrected chi connectivity index (χ4v) is 2.53. The van der Waals surface area contributed by atoms with Gasteiger partial charge in [0, 0.05) is 6.54 Å². The molecule has 0 heterocycles. The highest BCUT2D eigenvalue weighted by Gasteiger charge is 2.17. The smallest absolute Gasteiger partial charge is 0.239 e. The van der Waals surface area contributed by atoms with Crippen LogP contribution in [0.4, 0.5) is 0 Å². The third kappa shape index (κ3) is 7.41. The molecule has 27 heavy (non-hydrogen) atoms. The normalized spacial score (nSPS) is 11.4. The van der Waals surface area contributed by atoms with Crippen molar-refractivity contribution in [1.82, 2.24) is 10.6 Å². The molecule has 2 amide bonds. The van der Waals surface area contributed by atoms with Gasteiger partial charge < -0.3 is 16.4 Å². The molecule has 2 aromatic rings. The summed E-state index contributed by atoms with van der Waals surface area (Å²) in [5.41, 5.74) is 9.22. The zero-order chi connectivity index (χ0) is 18.9. The first-order chi connectivity index (χ1) is 12.5. The van der Waals surface area contributed by atoms with E-state index in [4.69, 9.17) is 5.73 Å². The maximum Gasteiger partial charge on any atom is 0.239 e. The molecule has 0 fully saturated rings. The molecule has 0 saturated heterocycles. The van der Waals surface area contributed by atoms with Gasteiger partial charge in [-0.25, -0.2) is 0 Å². The van der Waals surface area contributed by atoms with Gasteiger partial charge in [-0.2, -0.15) is 0 Å². The number of carbonyl (C=O) groups excluding carboxylic acids is 2. The maximum atomic E-state index is 11.9. The van der Waals surface area contributed by atoms with Crippen molar-refractivity contribution in [3.63, 3.8) is 0 Å². The Hall–Kier alpha value is -2.37. The van der Waals surface area contributed by atoms with Crippen molar-refractivity contribution in [2.75, 3.05) is 13.1 Å². The Kier molecular flexibility index (Phi) is 9.54. The second-order valence-corrected chi connectivity index (χ2v) is 6.65. The SMILES string of the molecule is CC(C)[C@H](N)C(=O)NCC(=O)NCCc1cccc(-c2ccccc2)c1.Cl. The summed E-state index contributed by atoms with van der Waals surface area (Å²) in [6, 6.07) is 17.9. The van der Waals surface area contributed by atoms with Crippen LogP contribution in [0, 0.1) is 5.92 Å². The number of hydrogen-bond donors (Lipinski definition) is 3. The first-order valence-electron chi connectivity index (χ1n) is 8.91. The number of halogens is 1. The third-order valence-corrected chi connectivity index (χ3v) is 4.21. The van der Waals surface area contributed by atoms with E-state index in [0.717, 1.165) is 17.5 Å². The topological polar surface area (TPSA) is 84.2 Å². The van der Waals surface area contributed by atoms with Gasteiger partial charge in [0.15, 0.2) is 0 Å². The van der Waals surface area contributed by atoms with Gasteiger partial charge in [-0.1, -0.05) is 68.4 Å². The van der Waals surface area contributed by atoms with Crippen LogP contribution < -0.4 is 16.4 Å². The number of carbonyl (C=O) groups is 2. The zero-order valence-electron chi connectivity index (χ0n) is 15.8. The van der Waals surface area contributed by atoms with Gasteiger partial charge in [0.25, 0.3) is 0 Å². The molecule has 0 bridgehead atoms. The van der Waals surface area contributed by atoms with Crippen LogP contribution >= 0.6 is 12.4 Å². The van der Waals surface area contributed by atoms with E-state index in [-0.39, 0.29) is 36.7 Å². The molecule has 1 atom stereocenters. The van der Waals surface area contributed by atoms with Crippen molar-refractivity contribution < 1.29 is 9.59 Å². The predicted molar refractivity (Wildman–Crippen MR) is 112 cm³/mol. The van der Waals surface area contributed by atoms with Crippen molar-refractivity contribution in [2.24, 2.45) is 11.7 Å². The quantitative estimate of drug-likeness (QED) is 0.648. The van der Waals surface area contributed by atoms with Crippen molar-refractivity contribution in [3.8, 4) is 11.1 Å². The highest BCUT2D eigenvalue weighted by atomic mass is 35.5. The average molecular weight is 390 g/mol. The van der Waals surface area contributed by atoms with Gasteiger partial charge in [-0.3, -0.25) is 9.59 Å². The number of hydrogen-bond acceptors (Lipinski definition) is 3. The lowest BCUT2D eigenvalue weighted by Crippen LogP contribution is -2.47. The van der Waals surface area contributed by atoms with Gasteiger partial charge in [-0.15, -0.1) is 12.4 Å². The summed E-state index contributed by atoms with van der Waals surface area (Å²) in [5, 5.41) is 5.39. The van der Waals surface area contributed by atoms with E-state index in [1.165, 1.54) is 5.56 Å². The number of benzene rings is 2.